The molecule has 2 atom stereocenters. The van der Waals surface area contributed by atoms with E-state index in [0.29, 0.717) is 17.5 Å². The minimum Gasteiger partial charge on any atom is -0.478 e. The molecule has 3 heteroatoms. The lowest BCUT2D eigenvalue weighted by molar-refractivity contribution is 0.0697. The third-order valence-electron chi connectivity index (χ3n) is 4.70. The molecule has 22 heavy (non-hydrogen) atoms. The van der Waals surface area contributed by atoms with Crippen LogP contribution in [0, 0.1) is 0 Å². The number of aromatic carboxylic acids is 1. The lowest BCUT2D eigenvalue weighted by atomic mass is 9.93. The third-order valence-corrected chi connectivity index (χ3v) is 4.70. The predicted octanol–water partition coefficient (Wildman–Crippen LogP) is 3.76. The number of rotatable bonds is 4. The number of nitrogens with zero attached hydrogens (tertiary/aromatic N) is 1. The van der Waals surface area contributed by atoms with Gasteiger partial charge in [-0.05, 0) is 43.1 Å². The normalized spacial score (nSPS) is 21.9. The second-order valence-electron chi connectivity index (χ2n) is 6.02. The quantitative estimate of drug-likeness (QED) is 0.933. The highest BCUT2D eigenvalue weighted by Crippen LogP contribution is 2.33. The Balaban J connectivity index is 1.68. The molecule has 1 heterocycles. The van der Waals surface area contributed by atoms with Crippen molar-refractivity contribution in [2.75, 3.05) is 6.54 Å². The Kier molecular flexibility index (Phi) is 4.25. The van der Waals surface area contributed by atoms with E-state index in [4.69, 9.17) is 5.11 Å². The van der Waals surface area contributed by atoms with Crippen LogP contribution in [0.5, 0.6) is 0 Å². The fourth-order valence-corrected chi connectivity index (χ4v) is 3.36. The van der Waals surface area contributed by atoms with Gasteiger partial charge in [0, 0.05) is 18.5 Å². The van der Waals surface area contributed by atoms with Gasteiger partial charge in [0.25, 0.3) is 0 Å². The van der Waals surface area contributed by atoms with E-state index < -0.39 is 5.97 Å². The van der Waals surface area contributed by atoms with Crippen LogP contribution < -0.4 is 0 Å². The number of benzene rings is 2. The molecule has 0 bridgehead atoms. The van der Waals surface area contributed by atoms with Gasteiger partial charge in [-0.25, -0.2) is 4.79 Å². The van der Waals surface area contributed by atoms with Crippen LogP contribution in [0.4, 0.5) is 0 Å². The summed E-state index contributed by atoms with van der Waals surface area (Å²) in [4.78, 5) is 13.4. The van der Waals surface area contributed by atoms with Crippen LogP contribution in [-0.4, -0.2) is 28.6 Å². The summed E-state index contributed by atoms with van der Waals surface area (Å²) in [5, 5.41) is 8.95. The van der Waals surface area contributed by atoms with E-state index in [-0.39, 0.29) is 0 Å². The molecular weight excluding hydrogens is 274 g/mol. The Morgan fingerprint density at radius 3 is 2.45 bits per heavy atom. The Hall–Kier alpha value is -2.13. The van der Waals surface area contributed by atoms with Crippen molar-refractivity contribution < 1.29 is 9.90 Å². The first kappa shape index (κ1) is 14.8. The van der Waals surface area contributed by atoms with Gasteiger partial charge in [-0.15, -0.1) is 0 Å². The second kappa shape index (κ2) is 6.32. The molecule has 0 aliphatic carbocycles. The summed E-state index contributed by atoms with van der Waals surface area (Å²) >= 11 is 0. The Morgan fingerprint density at radius 2 is 1.82 bits per heavy atom. The lowest BCUT2D eigenvalue weighted by Crippen LogP contribution is -2.28. The molecular formula is C19H21NO2. The number of hydrogen-bond acceptors (Lipinski definition) is 2. The van der Waals surface area contributed by atoms with Gasteiger partial charge in [0.05, 0.1) is 5.56 Å². The average Bonchev–Trinajstić information content (AvgIpc) is 2.90. The maximum Gasteiger partial charge on any atom is 0.335 e. The molecule has 2 aromatic rings. The van der Waals surface area contributed by atoms with Gasteiger partial charge in [0.15, 0.2) is 0 Å². The summed E-state index contributed by atoms with van der Waals surface area (Å²) < 4.78 is 0. The van der Waals surface area contributed by atoms with Gasteiger partial charge in [-0.1, -0.05) is 42.5 Å². The van der Waals surface area contributed by atoms with E-state index in [1.54, 1.807) is 12.1 Å². The first-order chi connectivity index (χ1) is 10.6. The van der Waals surface area contributed by atoms with Crippen LogP contribution in [0.1, 0.15) is 40.7 Å². The van der Waals surface area contributed by atoms with Gasteiger partial charge < -0.3 is 5.11 Å². The second-order valence-corrected chi connectivity index (χ2v) is 6.02. The third kappa shape index (κ3) is 3.04. The van der Waals surface area contributed by atoms with E-state index >= 15 is 0 Å². The summed E-state index contributed by atoms with van der Waals surface area (Å²) in [6.45, 7) is 4.25. The zero-order valence-electron chi connectivity index (χ0n) is 12.8. The number of likely N-dealkylation sites (tertiary alicyclic amines) is 1. The van der Waals surface area contributed by atoms with E-state index in [1.165, 1.54) is 17.5 Å². The van der Waals surface area contributed by atoms with Crippen molar-refractivity contribution in [1.29, 1.82) is 0 Å². The van der Waals surface area contributed by atoms with Gasteiger partial charge in [0.1, 0.15) is 0 Å². The molecule has 1 aliphatic rings. The number of carbonyl (C=O) groups is 1. The van der Waals surface area contributed by atoms with Crippen LogP contribution >= 0.6 is 0 Å². The van der Waals surface area contributed by atoms with Gasteiger partial charge >= 0.3 is 5.97 Å². The molecule has 114 valence electrons. The van der Waals surface area contributed by atoms with E-state index in [2.05, 4.69) is 42.2 Å². The summed E-state index contributed by atoms with van der Waals surface area (Å²) in [7, 11) is 0. The minimum absolute atomic E-state index is 0.348. The van der Waals surface area contributed by atoms with Crippen molar-refractivity contribution in [2.24, 2.45) is 0 Å². The topological polar surface area (TPSA) is 40.5 Å². The molecule has 0 aromatic heterocycles. The van der Waals surface area contributed by atoms with Crippen LogP contribution in [0.2, 0.25) is 0 Å². The Morgan fingerprint density at radius 1 is 1.14 bits per heavy atom. The smallest absolute Gasteiger partial charge is 0.335 e. The maximum atomic E-state index is 10.9. The molecule has 1 aliphatic heterocycles. The van der Waals surface area contributed by atoms with Crippen molar-refractivity contribution in [3.8, 4) is 0 Å². The molecule has 0 radical (unpaired) electrons. The molecule has 1 fully saturated rings. The molecule has 0 saturated carbocycles. The predicted molar refractivity (Wildman–Crippen MR) is 87.1 cm³/mol. The number of carboxylic acids is 1. The molecule has 1 saturated heterocycles. The van der Waals surface area contributed by atoms with Crippen molar-refractivity contribution in [3.05, 3.63) is 71.3 Å². The molecule has 3 nitrogen and oxygen atoms in total. The van der Waals surface area contributed by atoms with Gasteiger partial charge in [0.2, 0.25) is 0 Å². The zero-order valence-corrected chi connectivity index (χ0v) is 12.8. The summed E-state index contributed by atoms with van der Waals surface area (Å²) in [5.74, 6) is -0.287. The van der Waals surface area contributed by atoms with Crippen LogP contribution in [-0.2, 0) is 6.54 Å². The maximum absolute atomic E-state index is 10.9. The minimum atomic E-state index is -0.870. The van der Waals surface area contributed by atoms with E-state index in [9.17, 15) is 4.79 Å². The highest BCUT2D eigenvalue weighted by Gasteiger charge is 2.31. The molecule has 0 spiro atoms. The molecule has 2 aromatic carbocycles. The van der Waals surface area contributed by atoms with Gasteiger partial charge in [-0.2, -0.15) is 0 Å². The monoisotopic (exact) mass is 295 g/mol. The fraction of sp³-hybridized carbons (Fsp3) is 0.316. The van der Waals surface area contributed by atoms with E-state index in [1.807, 2.05) is 12.1 Å². The van der Waals surface area contributed by atoms with Crippen molar-refractivity contribution >= 4 is 5.97 Å². The standard InChI is InChI=1S/C19H21NO2/c1-14-18(16-5-3-2-4-6-16)11-12-20(14)13-15-7-9-17(10-8-15)19(21)22/h2-10,14,18H,11-13H2,1H3,(H,21,22). The van der Waals surface area contributed by atoms with Crippen LogP contribution in [0.25, 0.3) is 0 Å². The average molecular weight is 295 g/mol. The Labute approximate surface area is 131 Å². The fourth-order valence-electron chi connectivity index (χ4n) is 3.36. The largest absolute Gasteiger partial charge is 0.478 e. The first-order valence-electron chi connectivity index (χ1n) is 7.76. The van der Waals surface area contributed by atoms with E-state index in [0.717, 1.165) is 13.1 Å². The zero-order chi connectivity index (χ0) is 15.5. The first-order valence-corrected chi connectivity index (χ1v) is 7.76. The number of hydrogen-bond donors (Lipinski definition) is 1. The van der Waals surface area contributed by atoms with Crippen LogP contribution in [0.15, 0.2) is 54.6 Å². The summed E-state index contributed by atoms with van der Waals surface area (Å²) in [5.41, 5.74) is 2.93. The highest BCUT2D eigenvalue weighted by molar-refractivity contribution is 5.87. The van der Waals surface area contributed by atoms with Gasteiger partial charge in [-0.3, -0.25) is 4.90 Å². The van der Waals surface area contributed by atoms with Crippen molar-refractivity contribution in [1.82, 2.24) is 4.90 Å². The molecule has 0 amide bonds. The summed E-state index contributed by atoms with van der Waals surface area (Å²) in [6.07, 6.45) is 1.18. The molecule has 3 rings (SSSR count). The van der Waals surface area contributed by atoms with Crippen LogP contribution in [0.3, 0.4) is 0 Å². The highest BCUT2D eigenvalue weighted by atomic mass is 16.4. The lowest BCUT2D eigenvalue weighted by Gasteiger charge is -2.25. The SMILES string of the molecule is CC1C(c2ccccc2)CCN1Cc1ccc(C(=O)O)cc1. The summed E-state index contributed by atoms with van der Waals surface area (Å²) in [6, 6.07) is 18.4. The molecule has 1 N–H and O–H groups in total. The van der Waals surface area contributed by atoms with Crippen molar-refractivity contribution in [3.63, 3.8) is 0 Å². The Bertz CT molecular complexity index is 636. The molecule has 2 unspecified atom stereocenters. The van der Waals surface area contributed by atoms with Crippen molar-refractivity contribution in [2.45, 2.75) is 31.8 Å². The number of carboxylic acid groups (broad SMARTS) is 1.